The SMILES string of the molecule is O=C(O)C1(Oc2ccc3c(c2)CCC3)CCN(Cc2ccoc2)CC1. The van der Waals surface area contributed by atoms with Gasteiger partial charge in [-0.15, -0.1) is 0 Å². The van der Waals surface area contributed by atoms with E-state index in [-0.39, 0.29) is 0 Å². The van der Waals surface area contributed by atoms with Crippen molar-refractivity contribution in [2.75, 3.05) is 13.1 Å². The first-order valence-corrected chi connectivity index (χ1v) is 8.92. The number of aliphatic carboxylic acids is 1. The molecule has 0 amide bonds. The molecule has 1 aliphatic carbocycles. The minimum Gasteiger partial charge on any atom is -0.478 e. The lowest BCUT2D eigenvalue weighted by Gasteiger charge is -2.38. The minimum atomic E-state index is -1.13. The standard InChI is InChI=1S/C20H23NO4/c22-19(23)20(25-18-5-4-16-2-1-3-17(16)12-18)7-9-21(10-8-20)13-15-6-11-24-14-15/h4-6,11-12,14H,1-3,7-10,13H2,(H,22,23). The zero-order valence-electron chi connectivity index (χ0n) is 14.2. The van der Waals surface area contributed by atoms with Gasteiger partial charge in [0, 0.05) is 38.0 Å². The van der Waals surface area contributed by atoms with Crippen LogP contribution >= 0.6 is 0 Å². The molecule has 2 aliphatic rings. The summed E-state index contributed by atoms with van der Waals surface area (Å²) in [4.78, 5) is 14.2. The summed E-state index contributed by atoms with van der Waals surface area (Å²) in [5, 5.41) is 9.83. The fourth-order valence-electron chi connectivity index (χ4n) is 3.91. The Labute approximate surface area is 147 Å². The number of piperidine rings is 1. The number of carbonyl (C=O) groups is 1. The van der Waals surface area contributed by atoms with E-state index in [1.54, 1.807) is 12.5 Å². The Morgan fingerprint density at radius 1 is 1.20 bits per heavy atom. The van der Waals surface area contributed by atoms with Gasteiger partial charge in [-0.1, -0.05) is 6.07 Å². The van der Waals surface area contributed by atoms with Crippen molar-refractivity contribution in [2.45, 2.75) is 44.2 Å². The molecule has 1 aliphatic heterocycles. The number of ether oxygens (including phenoxy) is 1. The molecule has 0 bridgehead atoms. The summed E-state index contributed by atoms with van der Waals surface area (Å²) >= 11 is 0. The average Bonchev–Trinajstić information content (AvgIpc) is 3.27. The lowest BCUT2D eigenvalue weighted by molar-refractivity contribution is -0.159. The summed E-state index contributed by atoms with van der Waals surface area (Å²) in [5.41, 5.74) is 2.66. The van der Waals surface area contributed by atoms with Crippen molar-refractivity contribution >= 4 is 5.97 Å². The zero-order valence-corrected chi connectivity index (χ0v) is 14.2. The van der Waals surface area contributed by atoms with E-state index >= 15 is 0 Å². The highest BCUT2D eigenvalue weighted by Crippen LogP contribution is 2.33. The quantitative estimate of drug-likeness (QED) is 0.904. The molecule has 0 unspecified atom stereocenters. The van der Waals surface area contributed by atoms with Crippen LogP contribution in [-0.2, 0) is 24.2 Å². The van der Waals surface area contributed by atoms with Crippen molar-refractivity contribution in [1.82, 2.24) is 4.90 Å². The number of aryl methyl sites for hydroxylation is 2. The zero-order chi connectivity index (χ0) is 17.3. The van der Waals surface area contributed by atoms with Crippen LogP contribution in [0, 0.1) is 0 Å². The van der Waals surface area contributed by atoms with Gasteiger partial charge in [-0.2, -0.15) is 0 Å². The normalized spacial score (nSPS) is 19.5. The molecule has 25 heavy (non-hydrogen) atoms. The molecule has 1 fully saturated rings. The highest BCUT2D eigenvalue weighted by atomic mass is 16.5. The Bertz CT molecular complexity index is 745. The second kappa shape index (κ2) is 6.56. The number of fused-ring (bicyclic) bond motifs is 1. The molecule has 5 nitrogen and oxygen atoms in total. The van der Waals surface area contributed by atoms with E-state index in [9.17, 15) is 9.90 Å². The molecule has 1 aromatic heterocycles. The molecule has 1 aromatic carbocycles. The van der Waals surface area contributed by atoms with Crippen LogP contribution in [0.4, 0.5) is 0 Å². The maximum Gasteiger partial charge on any atom is 0.348 e. The first-order chi connectivity index (χ1) is 12.1. The Hall–Kier alpha value is -2.27. The summed E-state index contributed by atoms with van der Waals surface area (Å²) in [6.45, 7) is 2.18. The smallest absolute Gasteiger partial charge is 0.348 e. The third kappa shape index (κ3) is 3.29. The monoisotopic (exact) mass is 341 g/mol. The third-order valence-electron chi connectivity index (χ3n) is 5.42. The van der Waals surface area contributed by atoms with E-state index in [2.05, 4.69) is 11.0 Å². The van der Waals surface area contributed by atoms with Gasteiger partial charge in [0.25, 0.3) is 0 Å². The van der Waals surface area contributed by atoms with Crippen LogP contribution < -0.4 is 4.74 Å². The number of nitrogens with zero attached hydrogens (tertiary/aromatic N) is 1. The van der Waals surface area contributed by atoms with Gasteiger partial charge < -0.3 is 14.3 Å². The van der Waals surface area contributed by atoms with E-state index in [0.29, 0.717) is 31.7 Å². The van der Waals surface area contributed by atoms with E-state index < -0.39 is 11.6 Å². The highest BCUT2D eigenvalue weighted by Gasteiger charge is 2.44. The summed E-state index contributed by atoms with van der Waals surface area (Å²) < 4.78 is 11.2. The van der Waals surface area contributed by atoms with Crippen molar-refractivity contribution in [2.24, 2.45) is 0 Å². The fraction of sp³-hybridized carbons (Fsp3) is 0.450. The molecule has 5 heteroatoms. The van der Waals surface area contributed by atoms with Crippen LogP contribution in [0.15, 0.2) is 41.2 Å². The van der Waals surface area contributed by atoms with Crippen LogP contribution in [0.3, 0.4) is 0 Å². The predicted octanol–water partition coefficient (Wildman–Crippen LogP) is 3.27. The second-order valence-corrected chi connectivity index (χ2v) is 7.09. The molecule has 1 N–H and O–H groups in total. The van der Waals surface area contributed by atoms with Crippen molar-refractivity contribution in [3.05, 3.63) is 53.5 Å². The van der Waals surface area contributed by atoms with E-state index in [4.69, 9.17) is 9.15 Å². The number of furan rings is 1. The van der Waals surface area contributed by atoms with Gasteiger partial charge in [-0.25, -0.2) is 4.79 Å². The number of benzene rings is 1. The van der Waals surface area contributed by atoms with Crippen LogP contribution in [0.1, 0.15) is 36.0 Å². The molecule has 2 aromatic rings. The van der Waals surface area contributed by atoms with Gasteiger partial charge in [-0.05, 0) is 48.6 Å². The Kier molecular flexibility index (Phi) is 4.25. The second-order valence-electron chi connectivity index (χ2n) is 7.09. The van der Waals surface area contributed by atoms with Crippen molar-refractivity contribution in [3.63, 3.8) is 0 Å². The molecular weight excluding hydrogens is 318 g/mol. The Morgan fingerprint density at radius 2 is 2.00 bits per heavy atom. The van der Waals surface area contributed by atoms with Crippen LogP contribution in [0.5, 0.6) is 5.75 Å². The summed E-state index contributed by atoms with van der Waals surface area (Å²) in [7, 11) is 0. The molecule has 1 saturated heterocycles. The average molecular weight is 341 g/mol. The summed E-state index contributed by atoms with van der Waals surface area (Å²) in [5.74, 6) is -0.178. The molecule has 0 spiro atoms. The number of likely N-dealkylation sites (tertiary alicyclic amines) is 1. The van der Waals surface area contributed by atoms with Crippen molar-refractivity contribution in [1.29, 1.82) is 0 Å². The molecule has 0 atom stereocenters. The van der Waals surface area contributed by atoms with Crippen molar-refractivity contribution in [3.8, 4) is 5.75 Å². The van der Waals surface area contributed by atoms with Gasteiger partial charge >= 0.3 is 5.97 Å². The minimum absolute atomic E-state index is 0.483. The Morgan fingerprint density at radius 3 is 2.72 bits per heavy atom. The first kappa shape index (κ1) is 16.2. The number of carboxylic acids is 1. The van der Waals surface area contributed by atoms with Gasteiger partial charge in [-0.3, -0.25) is 4.90 Å². The number of hydrogen-bond donors (Lipinski definition) is 1. The summed E-state index contributed by atoms with van der Waals surface area (Å²) in [6, 6.07) is 7.99. The van der Waals surface area contributed by atoms with Crippen LogP contribution in [0.25, 0.3) is 0 Å². The molecule has 2 heterocycles. The van der Waals surface area contributed by atoms with E-state index in [0.717, 1.165) is 24.9 Å². The largest absolute Gasteiger partial charge is 0.478 e. The first-order valence-electron chi connectivity index (χ1n) is 8.92. The fourth-order valence-corrected chi connectivity index (χ4v) is 3.91. The molecule has 132 valence electrons. The molecule has 0 saturated carbocycles. The van der Waals surface area contributed by atoms with Gasteiger partial charge in [0.1, 0.15) is 5.75 Å². The lowest BCUT2D eigenvalue weighted by Crippen LogP contribution is -2.53. The Balaban J connectivity index is 1.45. The molecule has 0 radical (unpaired) electrons. The maximum absolute atomic E-state index is 12.0. The van der Waals surface area contributed by atoms with Gasteiger partial charge in [0.2, 0.25) is 5.60 Å². The predicted molar refractivity (Wildman–Crippen MR) is 92.7 cm³/mol. The third-order valence-corrected chi connectivity index (χ3v) is 5.42. The van der Waals surface area contributed by atoms with Gasteiger partial charge in [0.15, 0.2) is 0 Å². The number of rotatable bonds is 5. The number of carboxylic acid groups (broad SMARTS) is 1. The number of hydrogen-bond acceptors (Lipinski definition) is 4. The molecule has 4 rings (SSSR count). The summed E-state index contributed by atoms with van der Waals surface area (Å²) in [6.07, 6.45) is 7.71. The van der Waals surface area contributed by atoms with E-state index in [1.807, 2.05) is 18.2 Å². The maximum atomic E-state index is 12.0. The highest BCUT2D eigenvalue weighted by molar-refractivity contribution is 5.78. The molecular formula is C20H23NO4. The van der Waals surface area contributed by atoms with Crippen LogP contribution in [0.2, 0.25) is 0 Å². The van der Waals surface area contributed by atoms with Crippen molar-refractivity contribution < 1.29 is 19.1 Å². The van der Waals surface area contributed by atoms with E-state index in [1.165, 1.54) is 17.5 Å². The topological polar surface area (TPSA) is 62.9 Å². The lowest BCUT2D eigenvalue weighted by atomic mass is 9.90. The van der Waals surface area contributed by atoms with Gasteiger partial charge in [0.05, 0.1) is 12.5 Å². The van der Waals surface area contributed by atoms with Crippen LogP contribution in [-0.4, -0.2) is 34.7 Å².